The number of amides is 1. The average molecular weight is 436 g/mol. The number of carbonyl (C=O) groups is 1. The smallest absolute Gasteiger partial charge is 0.328 e. The summed E-state index contributed by atoms with van der Waals surface area (Å²) >= 11 is 0. The molecule has 0 radical (unpaired) electrons. The topological polar surface area (TPSA) is 43.1 Å². The Kier molecular flexibility index (Phi) is 4.65. The van der Waals surface area contributed by atoms with Gasteiger partial charge in [0.25, 0.3) is 5.91 Å². The number of nitrogens with zero attached hydrogens (tertiary/aromatic N) is 4. The Hall–Kier alpha value is -3.81. The minimum absolute atomic E-state index is 0.146. The van der Waals surface area contributed by atoms with Gasteiger partial charge in [0.2, 0.25) is 0 Å². The van der Waals surface area contributed by atoms with Crippen molar-refractivity contribution < 1.29 is 18.0 Å². The lowest BCUT2D eigenvalue weighted by Crippen LogP contribution is -2.28. The number of carbonyl (C=O) groups excluding carboxylic acids is 1. The third kappa shape index (κ3) is 3.37. The standard InChI is InChI=1S/C24H19F3N4O/c1-16-8-10-17(11-9-16)31-22(29-12-4-5-13-29)19-14-30(15-21(19)28-31)23(32)18-6-2-3-7-20(18)24(25,26)27/h2-13H,14-15H2,1H3. The molecule has 0 saturated heterocycles. The lowest BCUT2D eigenvalue weighted by Gasteiger charge is -2.20. The quantitative estimate of drug-likeness (QED) is 0.446. The maximum Gasteiger partial charge on any atom is 0.417 e. The molecule has 32 heavy (non-hydrogen) atoms. The summed E-state index contributed by atoms with van der Waals surface area (Å²) in [6.45, 7) is 2.33. The molecule has 0 atom stereocenters. The molecule has 0 bridgehead atoms. The van der Waals surface area contributed by atoms with E-state index in [-0.39, 0.29) is 18.7 Å². The Morgan fingerprint density at radius 3 is 2.31 bits per heavy atom. The van der Waals surface area contributed by atoms with Gasteiger partial charge in [-0.2, -0.15) is 18.3 Å². The molecule has 1 amide bonds. The van der Waals surface area contributed by atoms with E-state index in [9.17, 15) is 18.0 Å². The molecule has 0 saturated carbocycles. The summed E-state index contributed by atoms with van der Waals surface area (Å²) in [7, 11) is 0. The van der Waals surface area contributed by atoms with Gasteiger partial charge in [0, 0.05) is 18.0 Å². The summed E-state index contributed by atoms with van der Waals surface area (Å²) in [6.07, 6.45) is -0.839. The second kappa shape index (κ2) is 7.40. The monoisotopic (exact) mass is 436 g/mol. The van der Waals surface area contributed by atoms with Crippen molar-refractivity contribution in [3.05, 3.63) is 101 Å². The van der Waals surface area contributed by atoms with E-state index in [1.165, 1.54) is 23.1 Å². The molecule has 8 heteroatoms. The maximum atomic E-state index is 13.4. The van der Waals surface area contributed by atoms with Crippen LogP contribution in [0.5, 0.6) is 0 Å². The first-order valence-corrected chi connectivity index (χ1v) is 10.1. The van der Waals surface area contributed by atoms with Gasteiger partial charge in [0.15, 0.2) is 0 Å². The Morgan fingerprint density at radius 1 is 0.938 bits per heavy atom. The van der Waals surface area contributed by atoms with E-state index in [4.69, 9.17) is 5.10 Å². The Bertz CT molecular complexity index is 1290. The van der Waals surface area contributed by atoms with Crippen LogP contribution in [0.4, 0.5) is 13.2 Å². The molecule has 1 aliphatic heterocycles. The van der Waals surface area contributed by atoms with Crippen molar-refractivity contribution in [3.63, 3.8) is 0 Å². The van der Waals surface area contributed by atoms with Crippen LogP contribution in [-0.4, -0.2) is 25.2 Å². The van der Waals surface area contributed by atoms with Crippen molar-refractivity contribution in [2.24, 2.45) is 0 Å². The molecule has 2 aromatic heterocycles. The van der Waals surface area contributed by atoms with Crippen LogP contribution >= 0.6 is 0 Å². The fourth-order valence-corrected chi connectivity index (χ4v) is 4.04. The SMILES string of the molecule is Cc1ccc(-n2nc3c(c2-n2cccc2)CN(C(=O)c2ccccc2C(F)(F)F)C3)cc1. The molecule has 1 aliphatic rings. The second-order valence-electron chi connectivity index (χ2n) is 7.79. The molecule has 0 fully saturated rings. The molecule has 4 aromatic rings. The van der Waals surface area contributed by atoms with Gasteiger partial charge in [-0.05, 0) is 43.3 Å². The highest BCUT2D eigenvalue weighted by Crippen LogP contribution is 2.35. The van der Waals surface area contributed by atoms with E-state index in [1.807, 2.05) is 65.0 Å². The Morgan fingerprint density at radius 2 is 1.62 bits per heavy atom. The number of hydrogen-bond acceptors (Lipinski definition) is 2. The molecule has 5 nitrogen and oxygen atoms in total. The summed E-state index contributed by atoms with van der Waals surface area (Å²) in [5.74, 6) is 0.115. The molecule has 0 aliphatic carbocycles. The van der Waals surface area contributed by atoms with Gasteiger partial charge in [0.1, 0.15) is 5.82 Å². The number of alkyl halides is 3. The summed E-state index contributed by atoms with van der Waals surface area (Å²) in [5.41, 5.74) is 2.21. The summed E-state index contributed by atoms with van der Waals surface area (Å²) in [5, 5.41) is 4.72. The van der Waals surface area contributed by atoms with Crippen LogP contribution in [0.3, 0.4) is 0 Å². The zero-order valence-electron chi connectivity index (χ0n) is 17.2. The van der Waals surface area contributed by atoms with Crippen LogP contribution in [0.15, 0.2) is 73.1 Å². The van der Waals surface area contributed by atoms with Crippen LogP contribution < -0.4 is 0 Å². The van der Waals surface area contributed by atoms with Gasteiger partial charge in [-0.1, -0.05) is 29.8 Å². The third-order valence-electron chi connectivity index (χ3n) is 5.61. The fraction of sp³-hybridized carbons (Fsp3) is 0.167. The first kappa shape index (κ1) is 20.1. The van der Waals surface area contributed by atoms with Crippen molar-refractivity contribution in [2.75, 3.05) is 0 Å². The lowest BCUT2D eigenvalue weighted by molar-refractivity contribution is -0.138. The minimum Gasteiger partial charge on any atom is -0.328 e. The first-order chi connectivity index (χ1) is 15.3. The molecular weight excluding hydrogens is 417 g/mol. The second-order valence-corrected chi connectivity index (χ2v) is 7.79. The number of fused-ring (bicyclic) bond motifs is 1. The molecule has 0 unspecified atom stereocenters. The van der Waals surface area contributed by atoms with Gasteiger partial charge in [-0.3, -0.25) is 4.79 Å². The number of halogens is 3. The van der Waals surface area contributed by atoms with Gasteiger partial charge in [-0.25, -0.2) is 4.68 Å². The maximum absolute atomic E-state index is 13.4. The zero-order chi connectivity index (χ0) is 22.5. The van der Waals surface area contributed by atoms with Gasteiger partial charge in [-0.15, -0.1) is 0 Å². The van der Waals surface area contributed by atoms with Crippen molar-refractivity contribution in [1.82, 2.24) is 19.2 Å². The number of aryl methyl sites for hydroxylation is 1. The Balaban J connectivity index is 1.54. The van der Waals surface area contributed by atoms with Crippen molar-refractivity contribution in [1.29, 1.82) is 0 Å². The van der Waals surface area contributed by atoms with Crippen LogP contribution in [0.25, 0.3) is 11.5 Å². The summed E-state index contributed by atoms with van der Waals surface area (Å²) < 4.78 is 44.0. The van der Waals surface area contributed by atoms with E-state index in [2.05, 4.69) is 0 Å². The third-order valence-corrected chi connectivity index (χ3v) is 5.61. The van der Waals surface area contributed by atoms with Crippen molar-refractivity contribution in [3.8, 4) is 11.5 Å². The molecule has 0 spiro atoms. The molecule has 5 rings (SSSR count). The van der Waals surface area contributed by atoms with Crippen LogP contribution in [-0.2, 0) is 19.3 Å². The summed E-state index contributed by atoms with van der Waals surface area (Å²) in [4.78, 5) is 14.5. The van der Waals surface area contributed by atoms with Gasteiger partial charge >= 0.3 is 6.18 Å². The molecule has 2 aromatic carbocycles. The van der Waals surface area contributed by atoms with Crippen LogP contribution in [0.1, 0.15) is 32.7 Å². The van der Waals surface area contributed by atoms with Crippen LogP contribution in [0.2, 0.25) is 0 Å². The predicted molar refractivity (Wildman–Crippen MR) is 113 cm³/mol. The number of hydrogen-bond donors (Lipinski definition) is 0. The molecule has 3 heterocycles. The van der Waals surface area contributed by atoms with E-state index in [0.29, 0.717) is 5.69 Å². The number of benzene rings is 2. The molecular formula is C24H19F3N4O. The predicted octanol–water partition coefficient (Wildman–Crippen LogP) is 5.15. The van der Waals surface area contributed by atoms with Crippen molar-refractivity contribution in [2.45, 2.75) is 26.2 Å². The minimum atomic E-state index is -4.60. The average Bonchev–Trinajstić information content (AvgIpc) is 3.49. The van der Waals surface area contributed by atoms with Crippen molar-refractivity contribution >= 4 is 5.91 Å². The number of rotatable bonds is 3. The number of aromatic nitrogens is 3. The fourth-order valence-electron chi connectivity index (χ4n) is 4.04. The van der Waals surface area contributed by atoms with Gasteiger partial charge < -0.3 is 9.47 Å². The van der Waals surface area contributed by atoms with E-state index in [0.717, 1.165) is 28.7 Å². The molecule has 0 N–H and O–H groups in total. The normalized spacial score (nSPS) is 13.4. The summed E-state index contributed by atoms with van der Waals surface area (Å²) in [6, 6.07) is 16.6. The highest BCUT2D eigenvalue weighted by molar-refractivity contribution is 5.96. The highest BCUT2D eigenvalue weighted by Gasteiger charge is 2.38. The first-order valence-electron chi connectivity index (χ1n) is 10.1. The van der Waals surface area contributed by atoms with Crippen LogP contribution in [0, 0.1) is 6.92 Å². The Labute approximate surface area is 182 Å². The zero-order valence-corrected chi connectivity index (χ0v) is 17.2. The van der Waals surface area contributed by atoms with E-state index >= 15 is 0 Å². The van der Waals surface area contributed by atoms with Gasteiger partial charge in [0.05, 0.1) is 35.6 Å². The largest absolute Gasteiger partial charge is 0.417 e. The lowest BCUT2D eigenvalue weighted by atomic mass is 10.1. The van der Waals surface area contributed by atoms with E-state index in [1.54, 1.807) is 0 Å². The van der Waals surface area contributed by atoms with E-state index < -0.39 is 17.6 Å². The highest BCUT2D eigenvalue weighted by atomic mass is 19.4. The molecule has 162 valence electrons.